The van der Waals surface area contributed by atoms with Crippen LogP contribution in [0.4, 0.5) is 0 Å². The normalized spacial score (nSPS) is 26.4. The van der Waals surface area contributed by atoms with E-state index in [1.165, 1.54) is 18.4 Å². The molecule has 1 aliphatic heterocycles. The molecule has 1 aliphatic rings. The zero-order chi connectivity index (χ0) is 14.6. The number of hydrogen-bond acceptors (Lipinski definition) is 2. The van der Waals surface area contributed by atoms with Crippen molar-refractivity contribution in [3.05, 3.63) is 48.6 Å². The molecule has 0 bridgehead atoms. The molecule has 20 heavy (non-hydrogen) atoms. The highest BCUT2D eigenvalue weighted by atomic mass is 15.3. The fourth-order valence-electron chi connectivity index (χ4n) is 3.44. The third-order valence-corrected chi connectivity index (χ3v) is 5.06. The number of hydrogen-bond donors (Lipinski definition) is 1. The van der Waals surface area contributed by atoms with Crippen molar-refractivity contribution in [3.8, 4) is 0 Å². The van der Waals surface area contributed by atoms with Gasteiger partial charge in [-0.1, -0.05) is 50.3 Å². The first kappa shape index (κ1) is 15.3. The molecule has 0 aliphatic carbocycles. The Bertz CT molecular complexity index is 436. The standard InChI is InChI=1S/C18H28N2/c1-5-13-20-15-17(4,16-11-9-8-10-12-16)19-14-18(20,6-2)7-3/h5,8-12,19H,1,6-7,13-15H2,2-4H3. The molecule has 0 saturated carbocycles. The number of nitrogens with zero attached hydrogens (tertiary/aromatic N) is 1. The van der Waals surface area contributed by atoms with E-state index in [1.807, 2.05) is 6.08 Å². The van der Waals surface area contributed by atoms with Crippen LogP contribution in [0.2, 0.25) is 0 Å². The minimum absolute atomic E-state index is 0.0259. The highest BCUT2D eigenvalue weighted by Gasteiger charge is 2.43. The monoisotopic (exact) mass is 272 g/mol. The number of piperazine rings is 1. The Morgan fingerprint density at radius 3 is 2.45 bits per heavy atom. The second-order valence-corrected chi connectivity index (χ2v) is 6.15. The van der Waals surface area contributed by atoms with E-state index >= 15 is 0 Å². The van der Waals surface area contributed by atoms with Gasteiger partial charge in [0.2, 0.25) is 0 Å². The lowest BCUT2D eigenvalue weighted by Crippen LogP contribution is -2.67. The van der Waals surface area contributed by atoms with Gasteiger partial charge in [-0.2, -0.15) is 0 Å². The molecular formula is C18H28N2. The molecular weight excluding hydrogens is 244 g/mol. The average molecular weight is 272 g/mol. The summed E-state index contributed by atoms with van der Waals surface area (Å²) < 4.78 is 0. The summed E-state index contributed by atoms with van der Waals surface area (Å²) in [6.45, 7) is 13.9. The summed E-state index contributed by atoms with van der Waals surface area (Å²) in [5.74, 6) is 0. The van der Waals surface area contributed by atoms with E-state index in [4.69, 9.17) is 0 Å². The molecule has 0 aromatic heterocycles. The fraction of sp³-hybridized carbons (Fsp3) is 0.556. The van der Waals surface area contributed by atoms with Gasteiger partial charge in [0.25, 0.3) is 0 Å². The van der Waals surface area contributed by atoms with Gasteiger partial charge in [-0.15, -0.1) is 6.58 Å². The van der Waals surface area contributed by atoms with Crippen molar-refractivity contribution in [2.24, 2.45) is 0 Å². The van der Waals surface area contributed by atoms with Crippen molar-refractivity contribution in [2.45, 2.75) is 44.7 Å². The fourth-order valence-corrected chi connectivity index (χ4v) is 3.44. The quantitative estimate of drug-likeness (QED) is 0.825. The van der Waals surface area contributed by atoms with Crippen molar-refractivity contribution in [3.63, 3.8) is 0 Å². The van der Waals surface area contributed by atoms with Crippen LogP contribution in [0.1, 0.15) is 39.2 Å². The van der Waals surface area contributed by atoms with Gasteiger partial charge in [0, 0.05) is 25.2 Å². The van der Waals surface area contributed by atoms with Crippen LogP contribution in [0, 0.1) is 0 Å². The topological polar surface area (TPSA) is 15.3 Å². The van der Waals surface area contributed by atoms with Gasteiger partial charge in [0.05, 0.1) is 5.54 Å². The van der Waals surface area contributed by atoms with Gasteiger partial charge in [-0.3, -0.25) is 4.90 Å². The van der Waals surface area contributed by atoms with Crippen LogP contribution < -0.4 is 5.32 Å². The van der Waals surface area contributed by atoms with Crippen LogP contribution in [-0.2, 0) is 5.54 Å². The molecule has 2 rings (SSSR count). The lowest BCUT2D eigenvalue weighted by atomic mass is 9.81. The highest BCUT2D eigenvalue weighted by Crippen LogP contribution is 2.34. The maximum absolute atomic E-state index is 3.95. The summed E-state index contributed by atoms with van der Waals surface area (Å²) in [6.07, 6.45) is 4.39. The molecule has 1 saturated heterocycles. The smallest absolute Gasteiger partial charge is 0.0535 e. The minimum Gasteiger partial charge on any atom is -0.305 e. The summed E-state index contributed by atoms with van der Waals surface area (Å²) in [5, 5.41) is 3.82. The highest BCUT2D eigenvalue weighted by molar-refractivity contribution is 5.26. The average Bonchev–Trinajstić information content (AvgIpc) is 2.50. The third-order valence-electron chi connectivity index (χ3n) is 5.06. The lowest BCUT2D eigenvalue weighted by molar-refractivity contribution is 0.0114. The first-order valence-electron chi connectivity index (χ1n) is 7.77. The maximum Gasteiger partial charge on any atom is 0.0535 e. The van der Waals surface area contributed by atoms with Crippen LogP contribution in [0.15, 0.2) is 43.0 Å². The van der Waals surface area contributed by atoms with Crippen molar-refractivity contribution < 1.29 is 0 Å². The molecule has 1 aromatic carbocycles. The molecule has 1 N–H and O–H groups in total. The van der Waals surface area contributed by atoms with E-state index < -0.39 is 0 Å². The van der Waals surface area contributed by atoms with E-state index in [2.05, 4.69) is 67.9 Å². The molecule has 1 unspecified atom stereocenters. The predicted octanol–water partition coefficient (Wildman–Crippen LogP) is 3.55. The number of nitrogens with one attached hydrogen (secondary N) is 1. The zero-order valence-electron chi connectivity index (χ0n) is 13.2. The van der Waals surface area contributed by atoms with Crippen LogP contribution in [0.5, 0.6) is 0 Å². The molecule has 0 spiro atoms. The van der Waals surface area contributed by atoms with Crippen molar-refractivity contribution in [2.75, 3.05) is 19.6 Å². The summed E-state index contributed by atoms with van der Waals surface area (Å²) in [4.78, 5) is 2.61. The Morgan fingerprint density at radius 1 is 1.25 bits per heavy atom. The van der Waals surface area contributed by atoms with Gasteiger partial charge in [-0.05, 0) is 25.3 Å². The second-order valence-electron chi connectivity index (χ2n) is 6.15. The summed E-state index contributed by atoms with van der Waals surface area (Å²) >= 11 is 0. The van der Waals surface area contributed by atoms with Gasteiger partial charge in [0.1, 0.15) is 0 Å². The van der Waals surface area contributed by atoms with Crippen LogP contribution in [0.3, 0.4) is 0 Å². The molecule has 0 radical (unpaired) electrons. The third kappa shape index (κ3) is 2.68. The van der Waals surface area contributed by atoms with Gasteiger partial charge in [0.15, 0.2) is 0 Å². The van der Waals surface area contributed by atoms with Gasteiger partial charge >= 0.3 is 0 Å². The molecule has 1 aromatic rings. The number of rotatable bonds is 5. The molecule has 1 fully saturated rings. The zero-order valence-corrected chi connectivity index (χ0v) is 13.2. The molecule has 2 heteroatoms. The van der Waals surface area contributed by atoms with Crippen LogP contribution in [-0.4, -0.2) is 30.1 Å². The Kier molecular flexibility index (Phi) is 4.66. The minimum atomic E-state index is 0.0259. The number of benzene rings is 1. The van der Waals surface area contributed by atoms with E-state index in [1.54, 1.807) is 0 Å². The van der Waals surface area contributed by atoms with Crippen LogP contribution >= 0.6 is 0 Å². The van der Waals surface area contributed by atoms with E-state index in [0.717, 1.165) is 19.6 Å². The lowest BCUT2D eigenvalue weighted by Gasteiger charge is -2.53. The molecule has 0 amide bonds. The van der Waals surface area contributed by atoms with Gasteiger partial charge in [-0.25, -0.2) is 0 Å². The summed E-state index contributed by atoms with van der Waals surface area (Å²) in [6, 6.07) is 10.8. The van der Waals surface area contributed by atoms with E-state index in [9.17, 15) is 0 Å². The maximum atomic E-state index is 3.95. The first-order valence-corrected chi connectivity index (χ1v) is 7.77. The molecule has 1 atom stereocenters. The van der Waals surface area contributed by atoms with E-state index in [-0.39, 0.29) is 11.1 Å². The Morgan fingerprint density at radius 2 is 1.90 bits per heavy atom. The van der Waals surface area contributed by atoms with E-state index in [0.29, 0.717) is 0 Å². The summed E-state index contributed by atoms with van der Waals surface area (Å²) in [7, 11) is 0. The molecule has 110 valence electrons. The van der Waals surface area contributed by atoms with Crippen molar-refractivity contribution >= 4 is 0 Å². The Hall–Kier alpha value is -1.12. The first-order chi connectivity index (χ1) is 9.60. The van der Waals surface area contributed by atoms with Crippen LogP contribution in [0.25, 0.3) is 0 Å². The Balaban J connectivity index is 2.28. The predicted molar refractivity (Wildman–Crippen MR) is 86.9 cm³/mol. The van der Waals surface area contributed by atoms with Gasteiger partial charge < -0.3 is 5.32 Å². The van der Waals surface area contributed by atoms with Crippen molar-refractivity contribution in [1.82, 2.24) is 10.2 Å². The largest absolute Gasteiger partial charge is 0.305 e. The second kappa shape index (κ2) is 6.11. The molecule has 1 heterocycles. The summed E-state index contributed by atoms with van der Waals surface area (Å²) in [5.41, 5.74) is 1.66. The van der Waals surface area contributed by atoms with Crippen molar-refractivity contribution in [1.29, 1.82) is 0 Å². The Labute approximate surface area is 123 Å². The molecule has 2 nitrogen and oxygen atoms in total. The SMILES string of the molecule is C=CCN1CC(C)(c2ccccc2)NCC1(CC)CC.